The topological polar surface area (TPSA) is 143 Å². The molecule has 0 fully saturated rings. The van der Waals surface area contributed by atoms with E-state index in [9.17, 15) is 15.2 Å². The number of hydrogen-bond donors (Lipinski definition) is 2. The van der Waals surface area contributed by atoms with Gasteiger partial charge in [-0.25, -0.2) is 9.37 Å². The Labute approximate surface area is 261 Å². The number of benzene rings is 3. The van der Waals surface area contributed by atoms with E-state index < -0.39 is 34.5 Å². The quantitative estimate of drug-likeness (QED) is 0.190. The van der Waals surface area contributed by atoms with Gasteiger partial charge >= 0.3 is 5.97 Å². The molecule has 0 radical (unpaired) electrons. The lowest BCUT2D eigenvalue weighted by atomic mass is 10.1. The molecule has 10 nitrogen and oxygen atoms in total. The Balaban J connectivity index is 1.47. The second-order valence-electron chi connectivity index (χ2n) is 9.77. The van der Waals surface area contributed by atoms with E-state index in [0.29, 0.717) is 29.4 Å². The number of hydrogen-bond acceptors (Lipinski definition) is 10. The molecular weight excluding hydrogens is 604 g/mol. The number of carboxylic acid groups (broad SMARTS) is 1. The first-order valence-corrected chi connectivity index (χ1v) is 14.6. The molecule has 13 heteroatoms. The first kappa shape index (κ1) is 31.2. The van der Waals surface area contributed by atoms with E-state index in [-0.39, 0.29) is 36.0 Å². The van der Waals surface area contributed by atoms with Gasteiger partial charge in [-0.2, -0.15) is 9.65 Å². The first-order valence-electron chi connectivity index (χ1n) is 13.7. The zero-order valence-electron chi connectivity index (χ0n) is 23.9. The van der Waals surface area contributed by atoms with Gasteiger partial charge in [-0.3, -0.25) is 9.79 Å². The molecule has 1 atom stereocenters. The van der Waals surface area contributed by atoms with Gasteiger partial charge in [0.15, 0.2) is 17.3 Å². The highest BCUT2D eigenvalue weighted by Gasteiger charge is 2.26. The Morgan fingerprint density at radius 2 is 1.89 bits per heavy atom. The van der Waals surface area contributed by atoms with E-state index in [4.69, 9.17) is 19.9 Å². The molecule has 2 heterocycles. The fourth-order valence-electron chi connectivity index (χ4n) is 4.36. The van der Waals surface area contributed by atoms with E-state index in [1.54, 1.807) is 12.1 Å². The van der Waals surface area contributed by atoms with Crippen LogP contribution in [0.25, 0.3) is 0 Å². The minimum absolute atomic E-state index is 0.00849. The van der Waals surface area contributed by atoms with E-state index in [1.165, 1.54) is 24.3 Å². The number of amidine groups is 1. The normalized spacial score (nSPS) is 13.1. The van der Waals surface area contributed by atoms with Crippen molar-refractivity contribution in [2.24, 2.45) is 10.7 Å². The summed E-state index contributed by atoms with van der Waals surface area (Å²) in [6.07, 6.45) is 0.758. The van der Waals surface area contributed by atoms with Crippen molar-refractivity contribution in [1.82, 2.24) is 9.88 Å². The molecular formula is C32H27F2N5O5S. The van der Waals surface area contributed by atoms with Crippen LogP contribution in [0.3, 0.4) is 0 Å². The van der Waals surface area contributed by atoms with Gasteiger partial charge in [-0.1, -0.05) is 30.3 Å². The number of carboxylic acids is 1. The maximum atomic E-state index is 15.9. The Morgan fingerprint density at radius 3 is 2.58 bits per heavy atom. The molecule has 0 bridgehead atoms. The molecule has 0 spiro atoms. The zero-order valence-corrected chi connectivity index (χ0v) is 24.8. The Hall–Kier alpha value is -5.19. The van der Waals surface area contributed by atoms with Crippen LogP contribution in [-0.4, -0.2) is 58.7 Å². The van der Waals surface area contributed by atoms with Crippen molar-refractivity contribution in [1.29, 1.82) is 5.26 Å². The summed E-state index contributed by atoms with van der Waals surface area (Å²) in [5.41, 5.74) is 7.12. The summed E-state index contributed by atoms with van der Waals surface area (Å²) < 4.78 is 48.3. The number of nitriles is 1. The summed E-state index contributed by atoms with van der Waals surface area (Å²) in [5, 5.41) is 18.0. The van der Waals surface area contributed by atoms with Gasteiger partial charge in [-0.05, 0) is 35.9 Å². The maximum absolute atomic E-state index is 15.9. The third-order valence-electron chi connectivity index (χ3n) is 6.65. The van der Waals surface area contributed by atoms with Crippen LogP contribution in [0, 0.1) is 23.0 Å². The average molecular weight is 632 g/mol. The highest BCUT2D eigenvalue weighted by molar-refractivity contribution is 8.00. The van der Waals surface area contributed by atoms with E-state index >= 15 is 8.78 Å². The summed E-state index contributed by atoms with van der Waals surface area (Å²) in [4.78, 5) is 22.2. The SMILES string of the molecule is CN1CCN=C1c1cc(SC(CN)C(=O)O)ccc1Oc1c(F)cnc(Oc2cc(C#N)ccc2OCc2ccccc2)c1F. The third-order valence-corrected chi connectivity index (χ3v) is 7.85. The number of ether oxygens (including phenoxy) is 3. The second-order valence-corrected chi connectivity index (χ2v) is 11.0. The number of nitrogens with two attached hydrogens (primary N) is 1. The highest BCUT2D eigenvalue weighted by atomic mass is 32.2. The van der Waals surface area contributed by atoms with Crippen molar-refractivity contribution in [3.8, 4) is 34.9 Å². The van der Waals surface area contributed by atoms with Crippen molar-refractivity contribution in [2.45, 2.75) is 16.8 Å². The molecule has 1 aromatic heterocycles. The van der Waals surface area contributed by atoms with E-state index in [2.05, 4.69) is 9.98 Å². The molecule has 5 rings (SSSR count). The van der Waals surface area contributed by atoms with Crippen LogP contribution >= 0.6 is 11.8 Å². The van der Waals surface area contributed by atoms with Gasteiger partial charge in [0.05, 0.1) is 29.9 Å². The molecule has 0 amide bonds. The van der Waals surface area contributed by atoms with Crippen LogP contribution in [0.2, 0.25) is 0 Å². The summed E-state index contributed by atoms with van der Waals surface area (Å²) in [5.74, 6) is -4.00. The van der Waals surface area contributed by atoms with Gasteiger partial charge in [0.1, 0.15) is 23.4 Å². The molecule has 0 aliphatic carbocycles. The molecule has 1 unspecified atom stereocenters. The third kappa shape index (κ3) is 7.31. The largest absolute Gasteiger partial charge is 0.485 e. The number of aliphatic imine (C=N–C) groups is 1. The fraction of sp³-hybridized carbons (Fsp3) is 0.188. The molecule has 45 heavy (non-hydrogen) atoms. The molecule has 1 aliphatic rings. The number of pyridine rings is 1. The molecule has 3 aromatic carbocycles. The number of thioether (sulfide) groups is 1. The van der Waals surface area contributed by atoms with Gasteiger partial charge in [-0.15, -0.1) is 11.8 Å². The number of rotatable bonds is 12. The smallest absolute Gasteiger partial charge is 0.318 e. The van der Waals surface area contributed by atoms with Crippen LogP contribution in [-0.2, 0) is 11.4 Å². The van der Waals surface area contributed by atoms with Crippen molar-refractivity contribution in [3.05, 3.63) is 101 Å². The number of halogens is 2. The van der Waals surface area contributed by atoms with Crippen LogP contribution in [0.15, 0.2) is 82.8 Å². The summed E-state index contributed by atoms with van der Waals surface area (Å²) >= 11 is 1.04. The van der Waals surface area contributed by atoms with Crippen molar-refractivity contribution >= 4 is 23.6 Å². The van der Waals surface area contributed by atoms with E-state index in [0.717, 1.165) is 23.5 Å². The first-order chi connectivity index (χ1) is 21.8. The molecule has 4 aromatic rings. The van der Waals surface area contributed by atoms with Crippen LogP contribution in [0.1, 0.15) is 16.7 Å². The van der Waals surface area contributed by atoms with Crippen LogP contribution in [0.5, 0.6) is 28.9 Å². The van der Waals surface area contributed by atoms with Gasteiger partial charge in [0.25, 0.3) is 5.88 Å². The maximum Gasteiger partial charge on any atom is 0.318 e. The second kappa shape index (κ2) is 14.1. The lowest BCUT2D eigenvalue weighted by Gasteiger charge is -2.19. The minimum Gasteiger partial charge on any atom is -0.485 e. The van der Waals surface area contributed by atoms with Gasteiger partial charge in [0.2, 0.25) is 11.6 Å². The van der Waals surface area contributed by atoms with Crippen molar-refractivity contribution in [2.75, 3.05) is 26.7 Å². The molecule has 1 aliphatic heterocycles. The number of carbonyl (C=O) groups is 1. The lowest BCUT2D eigenvalue weighted by Crippen LogP contribution is -2.26. The average Bonchev–Trinajstić information content (AvgIpc) is 3.48. The summed E-state index contributed by atoms with van der Waals surface area (Å²) in [6, 6.07) is 20.4. The van der Waals surface area contributed by atoms with Gasteiger partial charge < -0.3 is 30.0 Å². The number of aromatic nitrogens is 1. The molecule has 0 saturated heterocycles. The minimum atomic E-state index is -1.23. The van der Waals surface area contributed by atoms with Crippen molar-refractivity contribution in [3.63, 3.8) is 0 Å². The van der Waals surface area contributed by atoms with Crippen LogP contribution < -0.4 is 19.9 Å². The van der Waals surface area contributed by atoms with Crippen LogP contribution in [0.4, 0.5) is 8.78 Å². The Bertz CT molecular complexity index is 1780. The van der Waals surface area contributed by atoms with Crippen molar-refractivity contribution < 1.29 is 32.9 Å². The number of likely N-dealkylation sites (N-methyl/N-ethyl adjacent to an activating group) is 1. The molecule has 0 saturated carbocycles. The number of aliphatic carboxylic acids is 1. The Kier molecular flexibility index (Phi) is 9.76. The summed E-state index contributed by atoms with van der Waals surface area (Å²) in [7, 11) is 1.81. The summed E-state index contributed by atoms with van der Waals surface area (Å²) in [6.45, 7) is 1.18. The molecule has 3 N–H and O–H groups in total. The predicted molar refractivity (Wildman–Crippen MR) is 163 cm³/mol. The zero-order chi connectivity index (χ0) is 31.9. The highest BCUT2D eigenvalue weighted by Crippen LogP contribution is 2.39. The standard InChI is InChI=1S/C32H27F2N5O5S/c1-39-12-11-37-30(39)22-14-21(45-27(16-36)32(40)41)8-10-24(22)43-29-23(33)17-38-31(28(29)34)44-26-13-20(15-35)7-9-25(26)42-18-19-5-3-2-4-6-19/h2-10,13-14,17,27H,11-12,16,18,36H2,1H3,(H,40,41). The molecule has 230 valence electrons. The Morgan fingerprint density at radius 1 is 1.11 bits per heavy atom. The fourth-order valence-corrected chi connectivity index (χ4v) is 5.21. The number of nitrogens with zero attached hydrogens (tertiary/aromatic N) is 4. The van der Waals surface area contributed by atoms with Gasteiger partial charge in [0, 0.05) is 31.1 Å². The predicted octanol–water partition coefficient (Wildman–Crippen LogP) is 5.59. The monoisotopic (exact) mass is 631 g/mol. The van der Waals surface area contributed by atoms with E-state index in [1.807, 2.05) is 48.3 Å². The lowest BCUT2D eigenvalue weighted by molar-refractivity contribution is -0.136.